The standard InChI is InChI=1S/C22H23N5O4/c1-31-20-8-2-17(3-9-20)21-10-11-22(28)26(23-21)16-24-12-14-25(15-13-24)18-4-6-19(7-5-18)27(29)30/h2-11H,12-16H2,1H3. The summed E-state index contributed by atoms with van der Waals surface area (Å²) >= 11 is 0. The second-order valence-electron chi connectivity index (χ2n) is 7.30. The van der Waals surface area contributed by atoms with Gasteiger partial charge in [0.15, 0.2) is 0 Å². The third kappa shape index (κ3) is 4.72. The average molecular weight is 421 g/mol. The maximum atomic E-state index is 12.3. The van der Waals surface area contributed by atoms with E-state index in [1.54, 1.807) is 31.4 Å². The van der Waals surface area contributed by atoms with Crippen molar-refractivity contribution in [1.29, 1.82) is 0 Å². The zero-order valence-electron chi connectivity index (χ0n) is 17.2. The van der Waals surface area contributed by atoms with Gasteiger partial charge in [-0.15, -0.1) is 0 Å². The van der Waals surface area contributed by atoms with Gasteiger partial charge in [0.05, 0.1) is 24.4 Å². The summed E-state index contributed by atoms with van der Waals surface area (Å²) in [7, 11) is 1.62. The first-order valence-electron chi connectivity index (χ1n) is 9.98. The summed E-state index contributed by atoms with van der Waals surface area (Å²) in [5.41, 5.74) is 2.55. The zero-order chi connectivity index (χ0) is 21.8. The molecule has 0 atom stereocenters. The lowest BCUT2D eigenvalue weighted by Crippen LogP contribution is -2.48. The molecule has 0 N–H and O–H groups in total. The van der Waals surface area contributed by atoms with E-state index < -0.39 is 4.92 Å². The van der Waals surface area contributed by atoms with E-state index in [9.17, 15) is 14.9 Å². The van der Waals surface area contributed by atoms with Crippen LogP contribution in [0.5, 0.6) is 5.75 Å². The number of nitro benzene ring substituents is 1. The molecule has 9 heteroatoms. The number of hydrogen-bond acceptors (Lipinski definition) is 7. The van der Waals surface area contributed by atoms with Gasteiger partial charge in [0.2, 0.25) is 0 Å². The lowest BCUT2D eigenvalue weighted by Gasteiger charge is -2.35. The van der Waals surface area contributed by atoms with Gasteiger partial charge in [0, 0.05) is 55.6 Å². The second-order valence-corrected chi connectivity index (χ2v) is 7.30. The number of rotatable bonds is 6. The van der Waals surface area contributed by atoms with Crippen LogP contribution in [-0.4, -0.2) is 52.9 Å². The maximum Gasteiger partial charge on any atom is 0.269 e. The van der Waals surface area contributed by atoms with Crippen LogP contribution in [0.3, 0.4) is 0 Å². The lowest BCUT2D eigenvalue weighted by molar-refractivity contribution is -0.384. The van der Waals surface area contributed by atoms with Crippen molar-refractivity contribution in [2.75, 3.05) is 38.2 Å². The van der Waals surface area contributed by atoms with Crippen LogP contribution in [-0.2, 0) is 6.67 Å². The molecule has 2 heterocycles. The molecule has 1 saturated heterocycles. The zero-order valence-corrected chi connectivity index (χ0v) is 17.2. The molecule has 160 valence electrons. The van der Waals surface area contributed by atoms with Crippen molar-refractivity contribution in [3.05, 3.63) is 81.1 Å². The summed E-state index contributed by atoms with van der Waals surface area (Å²) in [6, 6.07) is 17.4. The molecular weight excluding hydrogens is 398 g/mol. The van der Waals surface area contributed by atoms with Gasteiger partial charge < -0.3 is 9.64 Å². The monoisotopic (exact) mass is 421 g/mol. The molecule has 1 fully saturated rings. The first-order chi connectivity index (χ1) is 15.0. The van der Waals surface area contributed by atoms with Gasteiger partial charge in [0.25, 0.3) is 11.2 Å². The Kier molecular flexibility index (Phi) is 5.94. The van der Waals surface area contributed by atoms with Gasteiger partial charge in [-0.25, -0.2) is 4.68 Å². The fourth-order valence-corrected chi connectivity index (χ4v) is 3.59. The van der Waals surface area contributed by atoms with Crippen molar-refractivity contribution in [3.8, 4) is 17.0 Å². The van der Waals surface area contributed by atoms with E-state index >= 15 is 0 Å². The smallest absolute Gasteiger partial charge is 0.269 e. The van der Waals surface area contributed by atoms with Crippen molar-refractivity contribution in [2.45, 2.75) is 6.67 Å². The SMILES string of the molecule is COc1ccc(-c2ccc(=O)n(CN3CCN(c4ccc([N+](=O)[O-])cc4)CC3)n2)cc1. The Bertz CT molecular complexity index is 1100. The number of benzene rings is 2. The summed E-state index contributed by atoms with van der Waals surface area (Å²) in [6.45, 7) is 3.47. The van der Waals surface area contributed by atoms with Crippen LogP contribution in [0.4, 0.5) is 11.4 Å². The molecule has 9 nitrogen and oxygen atoms in total. The first kappa shape index (κ1) is 20.5. The number of aromatic nitrogens is 2. The summed E-state index contributed by atoms with van der Waals surface area (Å²) < 4.78 is 6.68. The molecular formula is C22H23N5O4. The van der Waals surface area contributed by atoms with Crippen LogP contribution in [0, 0.1) is 10.1 Å². The Morgan fingerprint density at radius 3 is 2.26 bits per heavy atom. The third-order valence-corrected chi connectivity index (χ3v) is 5.38. The maximum absolute atomic E-state index is 12.3. The van der Waals surface area contributed by atoms with E-state index in [-0.39, 0.29) is 11.2 Å². The minimum Gasteiger partial charge on any atom is -0.497 e. The van der Waals surface area contributed by atoms with E-state index in [1.165, 1.54) is 16.8 Å². The minimum absolute atomic E-state index is 0.0876. The number of nitrogens with zero attached hydrogens (tertiary/aromatic N) is 5. The van der Waals surface area contributed by atoms with Crippen LogP contribution in [0.1, 0.15) is 0 Å². The Morgan fingerprint density at radius 2 is 1.65 bits per heavy atom. The van der Waals surface area contributed by atoms with E-state index in [0.717, 1.165) is 48.9 Å². The van der Waals surface area contributed by atoms with Gasteiger partial charge >= 0.3 is 0 Å². The predicted octanol–water partition coefficient (Wildman–Crippen LogP) is 2.61. The first-order valence-corrected chi connectivity index (χ1v) is 9.98. The molecule has 0 saturated carbocycles. The fourth-order valence-electron chi connectivity index (χ4n) is 3.59. The quantitative estimate of drug-likeness (QED) is 0.446. The Hall–Kier alpha value is -3.72. The van der Waals surface area contributed by atoms with Crippen LogP contribution in [0.25, 0.3) is 11.3 Å². The van der Waals surface area contributed by atoms with E-state index in [2.05, 4.69) is 14.9 Å². The number of ether oxygens (including phenoxy) is 1. The van der Waals surface area contributed by atoms with Crippen molar-refractivity contribution >= 4 is 11.4 Å². The second kappa shape index (κ2) is 8.97. The van der Waals surface area contributed by atoms with E-state index in [1.807, 2.05) is 24.3 Å². The van der Waals surface area contributed by atoms with Gasteiger partial charge in [-0.1, -0.05) is 0 Å². The molecule has 0 spiro atoms. The number of non-ortho nitro benzene ring substituents is 1. The van der Waals surface area contributed by atoms with Gasteiger partial charge in [0.1, 0.15) is 5.75 Å². The molecule has 2 aromatic carbocycles. The molecule has 0 amide bonds. The summed E-state index contributed by atoms with van der Waals surface area (Å²) in [5.74, 6) is 0.767. The van der Waals surface area contributed by atoms with E-state index in [4.69, 9.17) is 4.74 Å². The van der Waals surface area contributed by atoms with Crippen LogP contribution < -0.4 is 15.2 Å². The number of nitro groups is 1. The third-order valence-electron chi connectivity index (χ3n) is 5.38. The van der Waals surface area contributed by atoms with Gasteiger partial charge in [-0.3, -0.25) is 19.8 Å². The molecule has 31 heavy (non-hydrogen) atoms. The molecule has 0 radical (unpaired) electrons. The van der Waals surface area contributed by atoms with Gasteiger partial charge in [-0.2, -0.15) is 5.10 Å². The van der Waals surface area contributed by atoms with Crippen molar-refractivity contribution < 1.29 is 9.66 Å². The van der Waals surface area contributed by atoms with Crippen molar-refractivity contribution in [1.82, 2.24) is 14.7 Å². The highest BCUT2D eigenvalue weighted by Gasteiger charge is 2.19. The van der Waals surface area contributed by atoms with Crippen LogP contribution in [0.15, 0.2) is 65.5 Å². The molecule has 1 aliphatic heterocycles. The fraction of sp³-hybridized carbons (Fsp3) is 0.273. The molecule has 0 bridgehead atoms. The summed E-state index contributed by atoms with van der Waals surface area (Å²) in [6.07, 6.45) is 0. The van der Waals surface area contributed by atoms with Gasteiger partial charge in [-0.05, 0) is 42.5 Å². The number of hydrogen-bond donors (Lipinski definition) is 0. The number of anilines is 1. The Balaban J connectivity index is 1.41. The molecule has 1 aliphatic rings. The largest absolute Gasteiger partial charge is 0.497 e. The van der Waals surface area contributed by atoms with Crippen molar-refractivity contribution in [3.63, 3.8) is 0 Å². The Labute approximate surface area is 179 Å². The Morgan fingerprint density at radius 1 is 0.968 bits per heavy atom. The predicted molar refractivity (Wildman–Crippen MR) is 117 cm³/mol. The average Bonchev–Trinajstić information content (AvgIpc) is 2.81. The van der Waals surface area contributed by atoms with Crippen LogP contribution >= 0.6 is 0 Å². The van der Waals surface area contributed by atoms with Crippen LogP contribution in [0.2, 0.25) is 0 Å². The lowest BCUT2D eigenvalue weighted by atomic mass is 10.1. The summed E-state index contributed by atoms with van der Waals surface area (Å²) in [5, 5.41) is 15.4. The summed E-state index contributed by atoms with van der Waals surface area (Å²) in [4.78, 5) is 27.1. The number of piperazine rings is 1. The molecule has 3 aromatic rings. The highest BCUT2D eigenvalue weighted by molar-refractivity contribution is 5.59. The topological polar surface area (TPSA) is 93.7 Å². The normalized spacial score (nSPS) is 14.4. The molecule has 0 aliphatic carbocycles. The molecule has 0 unspecified atom stereocenters. The highest BCUT2D eigenvalue weighted by Crippen LogP contribution is 2.21. The molecule has 1 aromatic heterocycles. The van der Waals surface area contributed by atoms with Crippen molar-refractivity contribution in [2.24, 2.45) is 0 Å². The minimum atomic E-state index is -0.396. The molecule has 4 rings (SSSR count). The van der Waals surface area contributed by atoms with E-state index in [0.29, 0.717) is 6.67 Å². The number of methoxy groups -OCH3 is 1. The highest BCUT2D eigenvalue weighted by atomic mass is 16.6.